The van der Waals surface area contributed by atoms with Crippen LogP contribution in [0.4, 0.5) is 5.82 Å². The first-order valence-corrected chi connectivity index (χ1v) is 8.27. The molecule has 0 saturated carbocycles. The first-order chi connectivity index (χ1) is 11.7. The quantitative estimate of drug-likeness (QED) is 0.762. The predicted octanol–water partition coefficient (Wildman–Crippen LogP) is 2.83. The van der Waals surface area contributed by atoms with Gasteiger partial charge in [-0.15, -0.1) is 0 Å². The van der Waals surface area contributed by atoms with Crippen molar-refractivity contribution < 1.29 is 4.74 Å². The molecule has 7 heteroatoms. The summed E-state index contributed by atoms with van der Waals surface area (Å²) in [4.78, 5) is 9.16. The molecular weight excluding hydrogens is 326 g/mol. The first-order valence-electron chi connectivity index (χ1n) is 7.90. The van der Waals surface area contributed by atoms with E-state index in [0.29, 0.717) is 16.8 Å². The van der Waals surface area contributed by atoms with Crippen LogP contribution < -0.4 is 15.4 Å². The van der Waals surface area contributed by atoms with Crippen molar-refractivity contribution in [1.29, 1.82) is 0 Å². The predicted molar refractivity (Wildman–Crippen MR) is 94.9 cm³/mol. The lowest BCUT2D eigenvalue weighted by Crippen LogP contribution is -2.22. The van der Waals surface area contributed by atoms with Crippen molar-refractivity contribution in [3.8, 4) is 17.1 Å². The van der Waals surface area contributed by atoms with Crippen molar-refractivity contribution >= 4 is 23.1 Å². The second-order valence-corrected chi connectivity index (χ2v) is 6.21. The summed E-state index contributed by atoms with van der Waals surface area (Å²) in [6, 6.07) is 8.20. The van der Waals surface area contributed by atoms with Crippen LogP contribution in [0.5, 0.6) is 5.75 Å². The average Bonchev–Trinajstić information content (AvgIpc) is 3.23. The largest absolute Gasteiger partial charge is 0.495 e. The van der Waals surface area contributed by atoms with E-state index in [-0.39, 0.29) is 0 Å². The second-order valence-electron chi connectivity index (χ2n) is 5.80. The molecule has 1 aliphatic rings. The molecule has 1 saturated heterocycles. The topological polar surface area (TPSA) is 63.5 Å². The van der Waals surface area contributed by atoms with Crippen LogP contribution in [0.1, 0.15) is 6.42 Å². The van der Waals surface area contributed by atoms with Crippen molar-refractivity contribution in [3.05, 3.63) is 41.7 Å². The Morgan fingerprint density at radius 1 is 1.42 bits per heavy atom. The third-order valence-corrected chi connectivity index (χ3v) is 4.49. The molecule has 1 fully saturated rings. The molecule has 2 N–H and O–H groups in total. The van der Waals surface area contributed by atoms with Gasteiger partial charge in [0, 0.05) is 24.8 Å². The van der Waals surface area contributed by atoms with Crippen molar-refractivity contribution in [1.82, 2.24) is 19.7 Å². The molecule has 0 spiro atoms. The number of nitrogens with zero attached hydrogens (tertiary/aromatic N) is 3. The first kappa shape index (κ1) is 15.2. The van der Waals surface area contributed by atoms with E-state index in [9.17, 15) is 0 Å². The van der Waals surface area contributed by atoms with Gasteiger partial charge in [-0.2, -0.15) is 0 Å². The second kappa shape index (κ2) is 6.30. The maximum absolute atomic E-state index is 6.25. The highest BCUT2D eigenvalue weighted by atomic mass is 35.5. The summed E-state index contributed by atoms with van der Waals surface area (Å²) in [5.74, 6) is 1.48. The molecule has 0 aromatic carbocycles. The van der Waals surface area contributed by atoms with Gasteiger partial charge < -0.3 is 15.4 Å². The summed E-state index contributed by atoms with van der Waals surface area (Å²) < 4.78 is 7.17. The fourth-order valence-corrected chi connectivity index (χ4v) is 3.20. The van der Waals surface area contributed by atoms with Gasteiger partial charge in [0.25, 0.3) is 0 Å². The molecule has 0 unspecified atom stereocenters. The highest BCUT2D eigenvalue weighted by Gasteiger charge is 2.15. The van der Waals surface area contributed by atoms with E-state index in [0.717, 1.165) is 42.4 Å². The van der Waals surface area contributed by atoms with E-state index in [2.05, 4.69) is 15.6 Å². The highest BCUT2D eigenvalue weighted by Crippen LogP contribution is 2.28. The number of methoxy groups -OCH3 is 1. The minimum absolute atomic E-state index is 0.425. The molecule has 6 nitrogen and oxygen atoms in total. The smallest absolute Gasteiger partial charge is 0.142 e. The van der Waals surface area contributed by atoms with Crippen LogP contribution >= 0.6 is 11.6 Å². The molecule has 1 atom stereocenters. The molecule has 0 radical (unpaired) electrons. The van der Waals surface area contributed by atoms with Crippen molar-refractivity contribution in [3.63, 3.8) is 0 Å². The van der Waals surface area contributed by atoms with Gasteiger partial charge in [0.15, 0.2) is 0 Å². The summed E-state index contributed by atoms with van der Waals surface area (Å²) in [5, 5.41) is 7.35. The third-order valence-electron chi connectivity index (χ3n) is 4.21. The van der Waals surface area contributed by atoms with Gasteiger partial charge >= 0.3 is 0 Å². The monoisotopic (exact) mass is 343 g/mol. The number of aromatic nitrogens is 3. The van der Waals surface area contributed by atoms with E-state index < -0.39 is 0 Å². The molecule has 4 rings (SSSR count). The summed E-state index contributed by atoms with van der Waals surface area (Å²) >= 11 is 6.25. The van der Waals surface area contributed by atoms with Gasteiger partial charge in [-0.1, -0.05) is 17.7 Å². The molecule has 124 valence electrons. The Hall–Kier alpha value is -2.31. The highest BCUT2D eigenvalue weighted by molar-refractivity contribution is 6.32. The average molecular weight is 344 g/mol. The van der Waals surface area contributed by atoms with Gasteiger partial charge in [0.2, 0.25) is 0 Å². The van der Waals surface area contributed by atoms with Gasteiger partial charge in [-0.25, -0.2) is 9.97 Å². The molecule has 4 heterocycles. The van der Waals surface area contributed by atoms with Crippen LogP contribution in [0.2, 0.25) is 5.02 Å². The number of imidazole rings is 1. The Kier molecular flexibility index (Phi) is 4.00. The molecule has 24 heavy (non-hydrogen) atoms. The van der Waals surface area contributed by atoms with E-state index in [1.54, 1.807) is 19.5 Å². The number of halogens is 1. The van der Waals surface area contributed by atoms with E-state index in [1.165, 1.54) is 0 Å². The lowest BCUT2D eigenvalue weighted by Gasteiger charge is -2.13. The number of rotatable bonds is 4. The van der Waals surface area contributed by atoms with Gasteiger partial charge in [-0.05, 0) is 25.1 Å². The minimum atomic E-state index is 0.425. The minimum Gasteiger partial charge on any atom is -0.495 e. The SMILES string of the molecule is COc1cc2ncc(-c3cccc(N[C@H]4CCNC4)n3)n2cc1Cl. The number of hydrogen-bond acceptors (Lipinski definition) is 5. The normalized spacial score (nSPS) is 17.3. The molecule has 3 aromatic rings. The Labute approximate surface area is 144 Å². The third kappa shape index (κ3) is 2.79. The Morgan fingerprint density at radius 3 is 3.12 bits per heavy atom. The number of hydrogen-bond donors (Lipinski definition) is 2. The summed E-state index contributed by atoms with van der Waals surface area (Å²) in [6.45, 7) is 2.02. The van der Waals surface area contributed by atoms with Crippen LogP contribution in [-0.4, -0.2) is 40.6 Å². The number of pyridine rings is 2. The van der Waals surface area contributed by atoms with Gasteiger partial charge in [-0.3, -0.25) is 4.40 Å². The number of ether oxygens (including phenoxy) is 1. The summed E-state index contributed by atoms with van der Waals surface area (Å²) in [6.07, 6.45) is 4.71. The fraction of sp³-hybridized carbons (Fsp3) is 0.294. The summed E-state index contributed by atoms with van der Waals surface area (Å²) in [5.41, 5.74) is 2.51. The van der Waals surface area contributed by atoms with E-state index in [1.807, 2.05) is 28.7 Å². The van der Waals surface area contributed by atoms with Crippen LogP contribution in [0.25, 0.3) is 17.0 Å². The molecular formula is C17H18ClN5O. The van der Waals surface area contributed by atoms with Gasteiger partial charge in [0.05, 0.1) is 29.7 Å². The zero-order valence-electron chi connectivity index (χ0n) is 13.3. The van der Waals surface area contributed by atoms with Crippen molar-refractivity contribution in [2.24, 2.45) is 0 Å². The number of fused-ring (bicyclic) bond motifs is 1. The maximum Gasteiger partial charge on any atom is 0.142 e. The van der Waals surface area contributed by atoms with Gasteiger partial charge in [0.1, 0.15) is 17.2 Å². The number of nitrogens with one attached hydrogen (secondary N) is 2. The lowest BCUT2D eigenvalue weighted by atomic mass is 10.2. The van der Waals surface area contributed by atoms with Crippen LogP contribution in [-0.2, 0) is 0 Å². The Balaban J connectivity index is 1.70. The Bertz CT molecular complexity index is 873. The van der Waals surface area contributed by atoms with Crippen LogP contribution in [0.3, 0.4) is 0 Å². The summed E-state index contributed by atoms with van der Waals surface area (Å²) in [7, 11) is 1.59. The molecule has 1 aliphatic heterocycles. The zero-order valence-corrected chi connectivity index (χ0v) is 14.0. The zero-order chi connectivity index (χ0) is 16.5. The molecule has 0 bridgehead atoms. The van der Waals surface area contributed by atoms with Crippen LogP contribution in [0, 0.1) is 0 Å². The van der Waals surface area contributed by atoms with Crippen molar-refractivity contribution in [2.45, 2.75) is 12.5 Å². The molecule has 3 aromatic heterocycles. The molecule has 0 aliphatic carbocycles. The fourth-order valence-electron chi connectivity index (χ4n) is 2.97. The Morgan fingerprint density at radius 2 is 2.33 bits per heavy atom. The lowest BCUT2D eigenvalue weighted by molar-refractivity contribution is 0.415. The van der Waals surface area contributed by atoms with Crippen LogP contribution in [0.15, 0.2) is 36.7 Å². The standard InChI is InChI=1S/C17H18ClN5O/c1-24-15-7-17-20-9-14(23(17)10-12(15)18)13-3-2-4-16(22-13)21-11-5-6-19-8-11/h2-4,7,9-11,19H,5-6,8H2,1H3,(H,21,22)/t11-/m0/s1. The van der Waals surface area contributed by atoms with E-state index in [4.69, 9.17) is 21.3 Å². The number of anilines is 1. The van der Waals surface area contributed by atoms with Crippen molar-refractivity contribution in [2.75, 3.05) is 25.5 Å². The van der Waals surface area contributed by atoms with E-state index >= 15 is 0 Å². The maximum atomic E-state index is 6.25. The molecule has 0 amide bonds.